The molecule has 88 valence electrons. The van der Waals surface area contributed by atoms with E-state index in [1.54, 1.807) is 0 Å². The van der Waals surface area contributed by atoms with Gasteiger partial charge in [-0.25, -0.2) is 0 Å². The van der Waals surface area contributed by atoms with Crippen molar-refractivity contribution in [3.8, 4) is 0 Å². The zero-order chi connectivity index (χ0) is 11.3. The number of piperidine rings is 1. The highest BCUT2D eigenvalue weighted by molar-refractivity contribution is 5.82. The molecule has 1 unspecified atom stereocenters. The number of hydrogen-bond acceptors (Lipinski definition) is 3. The SMILES string of the molecule is CNCC1CCCN(CC(=O)C(C)C)C1. The standard InChI is InChI=1S/C12H24N2O/c1-10(2)12(15)9-14-6-4-5-11(8-14)7-13-3/h10-11,13H,4-9H2,1-3H3. The fourth-order valence-corrected chi connectivity index (χ4v) is 2.15. The number of ketones is 1. The Morgan fingerprint density at radius 3 is 2.87 bits per heavy atom. The van der Waals surface area contributed by atoms with Gasteiger partial charge in [0.25, 0.3) is 0 Å². The lowest BCUT2D eigenvalue weighted by Gasteiger charge is -2.32. The molecule has 1 N–H and O–H groups in total. The molecule has 0 aliphatic carbocycles. The summed E-state index contributed by atoms with van der Waals surface area (Å²) in [5.74, 6) is 1.28. The Morgan fingerprint density at radius 2 is 2.27 bits per heavy atom. The minimum absolute atomic E-state index is 0.176. The molecule has 0 aromatic rings. The fraction of sp³-hybridized carbons (Fsp3) is 0.917. The molecule has 1 aliphatic heterocycles. The van der Waals surface area contributed by atoms with Crippen LogP contribution in [0.3, 0.4) is 0 Å². The molecular formula is C12H24N2O. The Hall–Kier alpha value is -0.410. The highest BCUT2D eigenvalue weighted by Gasteiger charge is 2.21. The number of carbonyl (C=O) groups excluding carboxylic acids is 1. The Balaban J connectivity index is 2.32. The van der Waals surface area contributed by atoms with Gasteiger partial charge in [0.15, 0.2) is 0 Å². The van der Waals surface area contributed by atoms with E-state index in [0.717, 1.165) is 25.6 Å². The van der Waals surface area contributed by atoms with Crippen LogP contribution < -0.4 is 5.32 Å². The highest BCUT2D eigenvalue weighted by atomic mass is 16.1. The number of carbonyl (C=O) groups is 1. The lowest BCUT2D eigenvalue weighted by Crippen LogP contribution is -2.42. The summed E-state index contributed by atoms with van der Waals surface area (Å²) < 4.78 is 0. The monoisotopic (exact) mass is 212 g/mol. The Morgan fingerprint density at radius 1 is 1.53 bits per heavy atom. The first-order valence-electron chi connectivity index (χ1n) is 6.03. The van der Waals surface area contributed by atoms with E-state index in [1.165, 1.54) is 12.8 Å². The van der Waals surface area contributed by atoms with Crippen LogP contribution in [0.5, 0.6) is 0 Å². The molecule has 1 atom stereocenters. The second-order valence-corrected chi connectivity index (χ2v) is 4.92. The third-order valence-electron chi connectivity index (χ3n) is 3.12. The van der Waals surface area contributed by atoms with E-state index in [4.69, 9.17) is 0 Å². The summed E-state index contributed by atoms with van der Waals surface area (Å²) in [6.45, 7) is 7.87. The van der Waals surface area contributed by atoms with Crippen molar-refractivity contribution in [2.24, 2.45) is 11.8 Å². The van der Waals surface area contributed by atoms with Gasteiger partial charge in [-0.05, 0) is 38.9 Å². The number of likely N-dealkylation sites (tertiary alicyclic amines) is 1. The number of hydrogen-bond donors (Lipinski definition) is 1. The number of rotatable bonds is 5. The van der Waals surface area contributed by atoms with Crippen LogP contribution in [-0.2, 0) is 4.79 Å². The average Bonchev–Trinajstić information content (AvgIpc) is 2.18. The van der Waals surface area contributed by atoms with Crippen molar-refractivity contribution in [3.63, 3.8) is 0 Å². The van der Waals surface area contributed by atoms with Crippen LogP contribution in [0.15, 0.2) is 0 Å². The number of nitrogens with zero attached hydrogens (tertiary/aromatic N) is 1. The molecule has 1 heterocycles. The maximum Gasteiger partial charge on any atom is 0.149 e. The molecule has 3 heteroatoms. The van der Waals surface area contributed by atoms with E-state index in [9.17, 15) is 4.79 Å². The van der Waals surface area contributed by atoms with Crippen molar-refractivity contribution in [3.05, 3.63) is 0 Å². The molecule has 0 aromatic heterocycles. The van der Waals surface area contributed by atoms with Gasteiger partial charge in [-0.3, -0.25) is 9.69 Å². The van der Waals surface area contributed by atoms with Crippen LogP contribution in [0.1, 0.15) is 26.7 Å². The number of Topliss-reactive ketones (excluding diaryl/α,β-unsaturated/α-hetero) is 1. The normalized spacial score (nSPS) is 23.3. The molecule has 0 amide bonds. The van der Waals surface area contributed by atoms with Crippen LogP contribution in [0.25, 0.3) is 0 Å². The molecule has 0 bridgehead atoms. The van der Waals surface area contributed by atoms with Crippen LogP contribution in [0.2, 0.25) is 0 Å². The lowest BCUT2D eigenvalue weighted by molar-refractivity contribution is -0.123. The molecule has 1 saturated heterocycles. The van der Waals surface area contributed by atoms with E-state index in [0.29, 0.717) is 12.3 Å². The van der Waals surface area contributed by atoms with E-state index in [-0.39, 0.29) is 5.92 Å². The van der Waals surface area contributed by atoms with Gasteiger partial charge in [-0.1, -0.05) is 13.8 Å². The van der Waals surface area contributed by atoms with Crippen molar-refractivity contribution in [1.82, 2.24) is 10.2 Å². The molecule has 15 heavy (non-hydrogen) atoms. The van der Waals surface area contributed by atoms with Gasteiger partial charge < -0.3 is 5.32 Å². The fourth-order valence-electron chi connectivity index (χ4n) is 2.15. The molecule has 0 radical (unpaired) electrons. The lowest BCUT2D eigenvalue weighted by atomic mass is 9.97. The Kier molecular flexibility index (Phi) is 5.26. The summed E-state index contributed by atoms with van der Waals surface area (Å²) >= 11 is 0. The van der Waals surface area contributed by atoms with Gasteiger partial charge in [0.2, 0.25) is 0 Å². The first kappa shape index (κ1) is 12.7. The summed E-state index contributed by atoms with van der Waals surface area (Å²) in [6, 6.07) is 0. The predicted molar refractivity (Wildman–Crippen MR) is 62.9 cm³/mol. The van der Waals surface area contributed by atoms with E-state index in [1.807, 2.05) is 20.9 Å². The second-order valence-electron chi connectivity index (χ2n) is 4.92. The van der Waals surface area contributed by atoms with Crippen molar-refractivity contribution in [1.29, 1.82) is 0 Å². The summed E-state index contributed by atoms with van der Waals surface area (Å²) in [7, 11) is 2.00. The van der Waals surface area contributed by atoms with Crippen LogP contribution in [0, 0.1) is 11.8 Å². The van der Waals surface area contributed by atoms with Crippen LogP contribution in [-0.4, -0.2) is 43.9 Å². The van der Waals surface area contributed by atoms with Gasteiger partial charge in [-0.2, -0.15) is 0 Å². The molecular weight excluding hydrogens is 188 g/mol. The zero-order valence-corrected chi connectivity index (χ0v) is 10.3. The smallest absolute Gasteiger partial charge is 0.149 e. The molecule has 3 nitrogen and oxygen atoms in total. The first-order valence-corrected chi connectivity index (χ1v) is 6.03. The van der Waals surface area contributed by atoms with Crippen molar-refractivity contribution < 1.29 is 4.79 Å². The highest BCUT2D eigenvalue weighted by Crippen LogP contribution is 2.15. The van der Waals surface area contributed by atoms with Crippen molar-refractivity contribution in [2.75, 3.05) is 33.2 Å². The second kappa shape index (κ2) is 6.23. The third-order valence-corrected chi connectivity index (χ3v) is 3.12. The summed E-state index contributed by atoms with van der Waals surface area (Å²) in [5, 5.41) is 3.22. The minimum Gasteiger partial charge on any atom is -0.319 e. The molecule has 0 spiro atoms. The molecule has 1 rings (SSSR count). The van der Waals surface area contributed by atoms with Crippen molar-refractivity contribution >= 4 is 5.78 Å². The third kappa shape index (κ3) is 4.31. The van der Waals surface area contributed by atoms with E-state index < -0.39 is 0 Å². The largest absolute Gasteiger partial charge is 0.319 e. The number of nitrogens with one attached hydrogen (secondary N) is 1. The molecule has 0 aromatic carbocycles. The molecule has 1 aliphatic rings. The van der Waals surface area contributed by atoms with Crippen molar-refractivity contribution in [2.45, 2.75) is 26.7 Å². The van der Waals surface area contributed by atoms with Gasteiger partial charge in [0, 0.05) is 12.5 Å². The van der Waals surface area contributed by atoms with Gasteiger partial charge in [-0.15, -0.1) is 0 Å². The molecule has 0 saturated carbocycles. The van der Waals surface area contributed by atoms with Gasteiger partial charge in [0.05, 0.1) is 6.54 Å². The Bertz CT molecular complexity index is 202. The topological polar surface area (TPSA) is 32.3 Å². The summed E-state index contributed by atoms with van der Waals surface area (Å²) in [6.07, 6.45) is 2.53. The van der Waals surface area contributed by atoms with Gasteiger partial charge in [0.1, 0.15) is 5.78 Å². The maximum absolute atomic E-state index is 11.6. The minimum atomic E-state index is 0.176. The van der Waals surface area contributed by atoms with E-state index in [2.05, 4.69) is 10.2 Å². The molecule has 1 fully saturated rings. The summed E-state index contributed by atoms with van der Waals surface area (Å²) in [5.41, 5.74) is 0. The summed E-state index contributed by atoms with van der Waals surface area (Å²) in [4.78, 5) is 13.9. The van der Waals surface area contributed by atoms with Crippen LogP contribution in [0.4, 0.5) is 0 Å². The predicted octanol–water partition coefficient (Wildman–Crippen LogP) is 1.14. The quantitative estimate of drug-likeness (QED) is 0.742. The van der Waals surface area contributed by atoms with Gasteiger partial charge >= 0.3 is 0 Å². The first-order chi connectivity index (χ1) is 7.13. The maximum atomic E-state index is 11.6. The average molecular weight is 212 g/mol. The zero-order valence-electron chi connectivity index (χ0n) is 10.3. The Labute approximate surface area is 93.2 Å². The van der Waals surface area contributed by atoms with Crippen LogP contribution >= 0.6 is 0 Å². The van der Waals surface area contributed by atoms with E-state index >= 15 is 0 Å².